The van der Waals surface area contributed by atoms with Gasteiger partial charge in [0.2, 0.25) is 0 Å². The van der Waals surface area contributed by atoms with E-state index in [1.807, 2.05) is 0 Å². The minimum atomic E-state index is -4.24. The summed E-state index contributed by atoms with van der Waals surface area (Å²) in [5.74, 6) is 0. The molecule has 0 bridgehead atoms. The molecule has 0 aromatic heterocycles. The van der Waals surface area contributed by atoms with E-state index in [0.29, 0.717) is 15.7 Å². The molecule has 0 aliphatic rings. The van der Waals surface area contributed by atoms with Crippen molar-refractivity contribution in [3.63, 3.8) is 0 Å². The number of alkyl halides is 3. The molecule has 2 aromatic rings. The van der Waals surface area contributed by atoms with Crippen molar-refractivity contribution in [1.29, 1.82) is 0 Å². The Morgan fingerprint density at radius 3 is 2.24 bits per heavy atom. The first-order chi connectivity index (χ1) is 9.85. The number of hydrogen-bond acceptors (Lipinski definition) is 1. The number of hydrogen-bond donors (Lipinski definition) is 1. The lowest BCUT2D eigenvalue weighted by Gasteiger charge is -2.22. The van der Waals surface area contributed by atoms with Gasteiger partial charge < -0.3 is 5.32 Å². The molecule has 1 unspecified atom stereocenters. The summed E-state index contributed by atoms with van der Waals surface area (Å²) in [6, 6.07) is 13.1. The molecule has 0 saturated heterocycles. The molecular weight excluding hydrogens is 411 g/mol. The van der Waals surface area contributed by atoms with Gasteiger partial charge in [0.15, 0.2) is 0 Å². The van der Waals surface area contributed by atoms with Crippen molar-refractivity contribution in [1.82, 2.24) is 0 Å². The second kappa shape index (κ2) is 6.83. The van der Waals surface area contributed by atoms with Crippen LogP contribution < -0.4 is 5.32 Å². The molecule has 2 rings (SSSR count). The number of anilines is 1. The van der Waals surface area contributed by atoms with E-state index in [1.165, 1.54) is 0 Å². The van der Waals surface area contributed by atoms with Crippen molar-refractivity contribution < 1.29 is 13.2 Å². The second-order valence-corrected chi connectivity index (χ2v) is 6.32. The summed E-state index contributed by atoms with van der Waals surface area (Å²) in [6.07, 6.45) is -5.17. The lowest BCUT2D eigenvalue weighted by molar-refractivity contribution is -0.137. The van der Waals surface area contributed by atoms with E-state index in [-0.39, 0.29) is 0 Å². The third-order valence-electron chi connectivity index (χ3n) is 2.90. The monoisotopic (exact) mass is 421 g/mol. The van der Waals surface area contributed by atoms with E-state index in [0.717, 1.165) is 4.47 Å². The smallest absolute Gasteiger partial charge is 0.377 e. The molecular formula is C15H12Br2F3N. The van der Waals surface area contributed by atoms with Crippen LogP contribution in [0.1, 0.15) is 18.0 Å². The third kappa shape index (κ3) is 5.04. The Hall–Kier alpha value is -1.01. The highest BCUT2D eigenvalue weighted by molar-refractivity contribution is 9.11. The van der Waals surface area contributed by atoms with Gasteiger partial charge in [-0.25, -0.2) is 0 Å². The van der Waals surface area contributed by atoms with Crippen molar-refractivity contribution in [2.75, 3.05) is 5.32 Å². The largest absolute Gasteiger partial charge is 0.391 e. The van der Waals surface area contributed by atoms with E-state index in [1.54, 1.807) is 48.5 Å². The van der Waals surface area contributed by atoms with Crippen molar-refractivity contribution in [3.05, 3.63) is 63.0 Å². The zero-order chi connectivity index (χ0) is 15.5. The summed E-state index contributed by atoms with van der Waals surface area (Å²) >= 11 is 6.67. The third-order valence-corrected chi connectivity index (χ3v) is 4.05. The van der Waals surface area contributed by atoms with Gasteiger partial charge in [-0.3, -0.25) is 0 Å². The fourth-order valence-electron chi connectivity index (χ4n) is 1.96. The Morgan fingerprint density at radius 1 is 1.00 bits per heavy atom. The summed E-state index contributed by atoms with van der Waals surface area (Å²) < 4.78 is 40.0. The molecule has 0 amide bonds. The van der Waals surface area contributed by atoms with Crippen molar-refractivity contribution in [3.8, 4) is 0 Å². The number of benzene rings is 2. The maximum Gasteiger partial charge on any atom is 0.391 e. The summed E-state index contributed by atoms with van der Waals surface area (Å²) in [6.45, 7) is 0. The van der Waals surface area contributed by atoms with Gasteiger partial charge in [0.25, 0.3) is 0 Å². The number of halogens is 5. The Morgan fingerprint density at radius 2 is 1.67 bits per heavy atom. The highest BCUT2D eigenvalue weighted by Gasteiger charge is 2.32. The Balaban J connectivity index is 2.28. The molecule has 0 heterocycles. The van der Waals surface area contributed by atoms with E-state index in [9.17, 15) is 13.2 Å². The van der Waals surface area contributed by atoms with Crippen LogP contribution in [-0.2, 0) is 0 Å². The van der Waals surface area contributed by atoms with Gasteiger partial charge in [-0.05, 0) is 39.7 Å². The minimum absolute atomic E-state index is 0.602. The standard InChI is InChI=1S/C15H12Br2F3N/c16-11-6-7-13(12(17)8-11)21-14(9-15(18,19)20)10-4-2-1-3-5-10/h1-8,14,21H,9H2. The predicted octanol–water partition coefficient (Wildman–Crippen LogP) is 6.32. The van der Waals surface area contributed by atoms with Crippen LogP contribution in [0.3, 0.4) is 0 Å². The van der Waals surface area contributed by atoms with Gasteiger partial charge in [-0.1, -0.05) is 46.3 Å². The Bertz CT molecular complexity index is 600. The second-order valence-electron chi connectivity index (χ2n) is 4.55. The molecule has 21 heavy (non-hydrogen) atoms. The van der Waals surface area contributed by atoms with E-state index in [2.05, 4.69) is 37.2 Å². The van der Waals surface area contributed by atoms with Crippen LogP contribution >= 0.6 is 31.9 Å². The molecule has 0 saturated carbocycles. The van der Waals surface area contributed by atoms with Crippen LogP contribution in [0.4, 0.5) is 18.9 Å². The highest BCUT2D eigenvalue weighted by Crippen LogP contribution is 2.35. The highest BCUT2D eigenvalue weighted by atomic mass is 79.9. The molecule has 0 spiro atoms. The molecule has 1 atom stereocenters. The van der Waals surface area contributed by atoms with Crippen molar-refractivity contribution in [2.24, 2.45) is 0 Å². The van der Waals surface area contributed by atoms with Gasteiger partial charge in [0.05, 0.1) is 12.5 Å². The SMILES string of the molecule is FC(F)(F)CC(Nc1ccc(Br)cc1Br)c1ccccc1. The van der Waals surface area contributed by atoms with Gasteiger partial charge in [-0.2, -0.15) is 13.2 Å². The Kier molecular flexibility index (Phi) is 5.32. The zero-order valence-electron chi connectivity index (χ0n) is 10.8. The van der Waals surface area contributed by atoms with Crippen LogP contribution in [0.15, 0.2) is 57.5 Å². The number of rotatable bonds is 4. The van der Waals surface area contributed by atoms with E-state index >= 15 is 0 Å². The van der Waals surface area contributed by atoms with E-state index < -0.39 is 18.6 Å². The van der Waals surface area contributed by atoms with Gasteiger partial charge in [0.1, 0.15) is 0 Å². The maximum atomic E-state index is 12.8. The lowest BCUT2D eigenvalue weighted by Crippen LogP contribution is -2.20. The van der Waals surface area contributed by atoms with Gasteiger partial charge >= 0.3 is 6.18 Å². The first kappa shape index (κ1) is 16.4. The van der Waals surface area contributed by atoms with Crippen LogP contribution in [-0.4, -0.2) is 6.18 Å². The quantitative estimate of drug-likeness (QED) is 0.608. The average Bonchev–Trinajstić information content (AvgIpc) is 2.40. The molecule has 1 nitrogen and oxygen atoms in total. The summed E-state index contributed by atoms with van der Waals surface area (Å²) in [5.41, 5.74) is 1.22. The molecule has 0 radical (unpaired) electrons. The maximum absolute atomic E-state index is 12.8. The summed E-state index contributed by atoms with van der Waals surface area (Å²) in [5, 5.41) is 2.96. The van der Waals surface area contributed by atoms with Crippen molar-refractivity contribution >= 4 is 37.5 Å². The van der Waals surface area contributed by atoms with Gasteiger partial charge in [-0.15, -0.1) is 0 Å². The molecule has 6 heteroatoms. The van der Waals surface area contributed by atoms with Gasteiger partial charge in [0, 0.05) is 14.6 Å². The lowest BCUT2D eigenvalue weighted by atomic mass is 10.0. The van der Waals surface area contributed by atoms with Crippen LogP contribution in [0.2, 0.25) is 0 Å². The van der Waals surface area contributed by atoms with Crippen LogP contribution in [0, 0.1) is 0 Å². The van der Waals surface area contributed by atoms with Crippen LogP contribution in [0.25, 0.3) is 0 Å². The first-order valence-electron chi connectivity index (χ1n) is 6.18. The zero-order valence-corrected chi connectivity index (χ0v) is 14.0. The molecule has 0 aliphatic carbocycles. The predicted molar refractivity (Wildman–Crippen MR) is 85.3 cm³/mol. The fraction of sp³-hybridized carbons (Fsp3) is 0.200. The molecule has 0 fully saturated rings. The first-order valence-corrected chi connectivity index (χ1v) is 7.77. The minimum Gasteiger partial charge on any atom is -0.377 e. The summed E-state index contributed by atoms with van der Waals surface area (Å²) in [7, 11) is 0. The summed E-state index contributed by atoms with van der Waals surface area (Å²) in [4.78, 5) is 0. The molecule has 0 aliphatic heterocycles. The van der Waals surface area contributed by atoms with E-state index in [4.69, 9.17) is 0 Å². The molecule has 1 N–H and O–H groups in total. The number of nitrogens with one attached hydrogen (secondary N) is 1. The molecule has 2 aromatic carbocycles. The molecule has 112 valence electrons. The van der Waals surface area contributed by atoms with Crippen LogP contribution in [0.5, 0.6) is 0 Å². The topological polar surface area (TPSA) is 12.0 Å². The fourth-order valence-corrected chi connectivity index (χ4v) is 3.12. The average molecular weight is 423 g/mol. The Labute approximate surface area is 137 Å². The normalized spacial score (nSPS) is 13.0. The van der Waals surface area contributed by atoms with Crippen molar-refractivity contribution in [2.45, 2.75) is 18.6 Å².